The lowest BCUT2D eigenvalue weighted by Gasteiger charge is -2.10. The highest BCUT2D eigenvalue weighted by molar-refractivity contribution is 5.99. The Morgan fingerprint density at radius 1 is 1.27 bits per heavy atom. The normalized spacial score (nSPS) is 10.1. The molecule has 2 N–H and O–H groups in total. The van der Waals surface area contributed by atoms with Gasteiger partial charge in [0.25, 0.3) is 0 Å². The second kappa shape index (κ2) is 7.25. The molecule has 0 bridgehead atoms. The predicted octanol–water partition coefficient (Wildman–Crippen LogP) is 1.91. The largest absolute Gasteiger partial charge is 0.481 e. The molecule has 0 saturated carbocycles. The van der Waals surface area contributed by atoms with Crippen molar-refractivity contribution in [2.75, 3.05) is 31.5 Å². The quantitative estimate of drug-likeness (QED) is 0.850. The van der Waals surface area contributed by atoms with E-state index in [2.05, 4.69) is 20.7 Å². The van der Waals surface area contributed by atoms with E-state index in [1.807, 2.05) is 0 Å². The Hall–Kier alpha value is -2.84. The molecule has 22 heavy (non-hydrogen) atoms. The van der Waals surface area contributed by atoms with Gasteiger partial charge in [-0.25, -0.2) is 9.18 Å². The van der Waals surface area contributed by atoms with Gasteiger partial charge in [0, 0.05) is 18.3 Å². The molecule has 0 saturated heterocycles. The van der Waals surface area contributed by atoms with Crippen molar-refractivity contribution in [1.82, 2.24) is 14.8 Å². The molecule has 9 heteroatoms. The molecule has 2 rings (SSSR count). The molecule has 0 radical (unpaired) electrons. The summed E-state index contributed by atoms with van der Waals surface area (Å²) in [6.07, 6.45) is 1.57. The van der Waals surface area contributed by atoms with Crippen LogP contribution in [0.2, 0.25) is 0 Å². The van der Waals surface area contributed by atoms with E-state index in [9.17, 15) is 9.18 Å². The van der Waals surface area contributed by atoms with Crippen LogP contribution >= 0.6 is 0 Å². The zero-order valence-corrected chi connectivity index (χ0v) is 12.2. The van der Waals surface area contributed by atoms with Crippen molar-refractivity contribution in [3.05, 3.63) is 24.4 Å². The number of anilines is 2. The summed E-state index contributed by atoms with van der Waals surface area (Å²) in [5.41, 5.74) is 0.379. The van der Waals surface area contributed by atoms with E-state index in [-0.39, 0.29) is 12.4 Å². The van der Waals surface area contributed by atoms with Gasteiger partial charge in [-0.1, -0.05) is 0 Å². The standard InChI is InChI=1S/C13H16FN5O3/c1-21-11-4-3-9(12(17-11)22-2)15-13(20)16-10-5-7-19(18-10)8-6-14/h3-5,7H,6,8H2,1-2H3,(H2,15,16,18,20). The number of urea groups is 1. The number of hydrogen-bond acceptors (Lipinski definition) is 5. The van der Waals surface area contributed by atoms with E-state index in [0.29, 0.717) is 17.4 Å². The number of aromatic nitrogens is 3. The number of hydrogen-bond donors (Lipinski definition) is 2. The summed E-state index contributed by atoms with van der Waals surface area (Å²) in [6.45, 7) is -0.387. The van der Waals surface area contributed by atoms with Gasteiger partial charge in [-0.2, -0.15) is 10.1 Å². The number of aryl methyl sites for hydroxylation is 1. The molecule has 0 atom stereocenters. The van der Waals surface area contributed by atoms with Crippen LogP contribution < -0.4 is 20.1 Å². The maximum Gasteiger partial charge on any atom is 0.325 e. The minimum atomic E-state index is -0.526. The number of carbonyl (C=O) groups excluding carboxylic acids is 1. The van der Waals surface area contributed by atoms with Crippen LogP contribution in [0.25, 0.3) is 0 Å². The van der Waals surface area contributed by atoms with Crippen LogP contribution in [0.5, 0.6) is 11.8 Å². The van der Waals surface area contributed by atoms with E-state index >= 15 is 0 Å². The summed E-state index contributed by atoms with van der Waals surface area (Å²) in [7, 11) is 2.92. The molecule has 2 aromatic rings. The molecule has 8 nitrogen and oxygen atoms in total. The number of rotatable bonds is 6. The summed E-state index contributed by atoms with van der Waals surface area (Å²) in [6, 6.07) is 4.24. The van der Waals surface area contributed by atoms with Gasteiger partial charge in [-0.15, -0.1) is 0 Å². The highest BCUT2D eigenvalue weighted by Crippen LogP contribution is 2.24. The van der Waals surface area contributed by atoms with Gasteiger partial charge in [0.2, 0.25) is 11.8 Å². The van der Waals surface area contributed by atoms with Crippen molar-refractivity contribution < 1.29 is 18.7 Å². The van der Waals surface area contributed by atoms with Crippen molar-refractivity contribution in [2.24, 2.45) is 0 Å². The molecule has 2 heterocycles. The maximum atomic E-state index is 12.2. The highest BCUT2D eigenvalue weighted by Gasteiger charge is 2.11. The van der Waals surface area contributed by atoms with Crippen LogP contribution in [0.1, 0.15) is 0 Å². The van der Waals surface area contributed by atoms with Crippen LogP contribution in [0.3, 0.4) is 0 Å². The lowest BCUT2D eigenvalue weighted by atomic mass is 10.4. The van der Waals surface area contributed by atoms with Gasteiger partial charge in [0.15, 0.2) is 5.82 Å². The van der Waals surface area contributed by atoms with Crippen LogP contribution in [0.15, 0.2) is 24.4 Å². The van der Waals surface area contributed by atoms with E-state index < -0.39 is 12.7 Å². The molecule has 0 aliphatic heterocycles. The van der Waals surface area contributed by atoms with Gasteiger partial charge in [0.05, 0.1) is 20.8 Å². The average Bonchev–Trinajstić information content (AvgIpc) is 2.95. The Morgan fingerprint density at radius 2 is 2.09 bits per heavy atom. The Balaban J connectivity index is 2.02. The highest BCUT2D eigenvalue weighted by atomic mass is 19.1. The van der Waals surface area contributed by atoms with Gasteiger partial charge in [0.1, 0.15) is 12.4 Å². The summed E-state index contributed by atoms with van der Waals surface area (Å²) >= 11 is 0. The number of pyridine rings is 1. The maximum absolute atomic E-state index is 12.2. The Kier molecular flexibility index (Phi) is 5.12. The summed E-state index contributed by atoms with van der Waals surface area (Å²) in [5, 5.41) is 9.11. The number of halogens is 1. The minimum Gasteiger partial charge on any atom is -0.481 e. The third-order valence-electron chi connectivity index (χ3n) is 2.68. The summed E-state index contributed by atoms with van der Waals surface area (Å²) in [5.74, 6) is 0.900. The van der Waals surface area contributed by atoms with Crippen LogP contribution in [0, 0.1) is 0 Å². The van der Waals surface area contributed by atoms with Crippen molar-refractivity contribution in [2.45, 2.75) is 6.54 Å². The third-order valence-corrected chi connectivity index (χ3v) is 2.68. The molecule has 2 amide bonds. The number of nitrogens with zero attached hydrogens (tertiary/aromatic N) is 3. The number of ether oxygens (including phenoxy) is 2. The van der Waals surface area contributed by atoms with Crippen molar-refractivity contribution in [1.29, 1.82) is 0 Å². The number of nitrogens with one attached hydrogen (secondary N) is 2. The lowest BCUT2D eigenvalue weighted by molar-refractivity contribution is 0.262. The summed E-state index contributed by atoms with van der Waals surface area (Å²) in [4.78, 5) is 16.0. The fraction of sp³-hybridized carbons (Fsp3) is 0.308. The smallest absolute Gasteiger partial charge is 0.325 e. The Bertz CT molecular complexity index is 646. The van der Waals surface area contributed by atoms with Gasteiger partial charge < -0.3 is 14.8 Å². The predicted molar refractivity (Wildman–Crippen MR) is 78.2 cm³/mol. The van der Waals surface area contributed by atoms with Gasteiger partial charge in [-0.3, -0.25) is 10.00 Å². The van der Waals surface area contributed by atoms with E-state index in [1.54, 1.807) is 24.4 Å². The number of alkyl halides is 1. The molecule has 0 spiro atoms. The molecule has 2 aromatic heterocycles. The topological polar surface area (TPSA) is 90.3 Å². The first-order chi connectivity index (χ1) is 10.7. The molecule has 0 aliphatic rings. The first kappa shape index (κ1) is 15.5. The molecule has 0 unspecified atom stereocenters. The Labute approximate surface area is 126 Å². The SMILES string of the molecule is COc1ccc(NC(=O)Nc2ccn(CCF)n2)c(OC)n1. The first-order valence-corrected chi connectivity index (χ1v) is 6.42. The lowest BCUT2D eigenvalue weighted by Crippen LogP contribution is -2.20. The van der Waals surface area contributed by atoms with Crippen LogP contribution in [-0.4, -0.2) is 41.7 Å². The van der Waals surface area contributed by atoms with Crippen LogP contribution in [0.4, 0.5) is 20.7 Å². The van der Waals surface area contributed by atoms with Crippen molar-refractivity contribution >= 4 is 17.5 Å². The van der Waals surface area contributed by atoms with E-state index in [4.69, 9.17) is 9.47 Å². The van der Waals surface area contributed by atoms with E-state index in [1.165, 1.54) is 18.9 Å². The fourth-order valence-corrected chi connectivity index (χ4v) is 1.70. The zero-order valence-electron chi connectivity index (χ0n) is 12.2. The second-order valence-corrected chi connectivity index (χ2v) is 4.14. The van der Waals surface area contributed by atoms with Crippen molar-refractivity contribution in [3.63, 3.8) is 0 Å². The molecule has 0 fully saturated rings. The number of amides is 2. The monoisotopic (exact) mass is 309 g/mol. The Morgan fingerprint density at radius 3 is 2.77 bits per heavy atom. The first-order valence-electron chi connectivity index (χ1n) is 6.42. The second-order valence-electron chi connectivity index (χ2n) is 4.14. The average molecular weight is 309 g/mol. The van der Waals surface area contributed by atoms with Crippen LogP contribution in [-0.2, 0) is 6.54 Å². The van der Waals surface area contributed by atoms with Gasteiger partial charge >= 0.3 is 6.03 Å². The molecule has 118 valence electrons. The number of methoxy groups -OCH3 is 2. The third kappa shape index (κ3) is 3.84. The molecular weight excluding hydrogens is 293 g/mol. The van der Waals surface area contributed by atoms with E-state index in [0.717, 1.165) is 0 Å². The van der Waals surface area contributed by atoms with Crippen molar-refractivity contribution in [3.8, 4) is 11.8 Å². The molecule has 0 aromatic carbocycles. The summed E-state index contributed by atoms with van der Waals surface area (Å²) < 4.78 is 23.6. The minimum absolute atomic E-state index is 0.138. The van der Waals surface area contributed by atoms with Gasteiger partial charge in [-0.05, 0) is 6.07 Å². The number of carbonyl (C=O) groups is 1. The fourth-order valence-electron chi connectivity index (χ4n) is 1.70. The molecule has 0 aliphatic carbocycles. The zero-order chi connectivity index (χ0) is 15.9. The molecular formula is C13H16FN5O3.